The van der Waals surface area contributed by atoms with Crippen molar-refractivity contribution in [2.75, 3.05) is 18.0 Å². The molecule has 1 amide bonds. The molecule has 0 saturated heterocycles. The molecule has 0 radical (unpaired) electrons. The molecule has 0 unspecified atom stereocenters. The minimum Gasteiger partial charge on any atom is -0.496 e. The molecule has 6 nitrogen and oxygen atoms in total. The molecule has 0 aromatic heterocycles. The predicted octanol–water partition coefficient (Wildman–Crippen LogP) is 4.22. The average Bonchev–Trinajstić information content (AvgIpc) is 2.78. The number of para-hydroxylation sites is 1. The first-order valence-electron chi connectivity index (χ1n) is 9.99. The summed E-state index contributed by atoms with van der Waals surface area (Å²) in [6.07, 6.45) is 0. The Balaban J connectivity index is 1.89. The van der Waals surface area contributed by atoms with Gasteiger partial charge in [-0.05, 0) is 56.3 Å². The van der Waals surface area contributed by atoms with Gasteiger partial charge in [0.05, 0.1) is 23.7 Å². The molecule has 3 aromatic rings. The largest absolute Gasteiger partial charge is 0.496 e. The van der Waals surface area contributed by atoms with Crippen molar-refractivity contribution in [1.29, 1.82) is 0 Å². The van der Waals surface area contributed by atoms with E-state index < -0.39 is 34.3 Å². The number of rotatable bonds is 8. The summed E-state index contributed by atoms with van der Waals surface area (Å²) < 4.78 is 46.3. The molecular formula is C24H25FN2O4S. The number of aryl methyl sites for hydroxylation is 1. The highest BCUT2D eigenvalue weighted by atomic mass is 32.2. The Morgan fingerprint density at radius 3 is 2.28 bits per heavy atom. The second-order valence-corrected chi connectivity index (χ2v) is 9.19. The maximum absolute atomic E-state index is 13.3. The van der Waals surface area contributed by atoms with E-state index in [4.69, 9.17) is 4.74 Å². The highest BCUT2D eigenvalue weighted by Crippen LogP contribution is 2.26. The normalized spacial score (nSPS) is 12.1. The summed E-state index contributed by atoms with van der Waals surface area (Å²) in [6, 6.07) is 18.2. The Morgan fingerprint density at radius 2 is 1.66 bits per heavy atom. The predicted molar refractivity (Wildman–Crippen MR) is 122 cm³/mol. The molecule has 0 aliphatic heterocycles. The first-order valence-corrected chi connectivity index (χ1v) is 11.4. The monoisotopic (exact) mass is 456 g/mol. The lowest BCUT2D eigenvalue weighted by molar-refractivity contribution is -0.120. The third kappa shape index (κ3) is 5.26. The van der Waals surface area contributed by atoms with Crippen molar-refractivity contribution in [3.63, 3.8) is 0 Å². The zero-order valence-electron chi connectivity index (χ0n) is 18.1. The van der Waals surface area contributed by atoms with Crippen LogP contribution in [0.2, 0.25) is 0 Å². The van der Waals surface area contributed by atoms with E-state index in [1.54, 1.807) is 44.4 Å². The maximum atomic E-state index is 13.3. The van der Waals surface area contributed by atoms with Crippen molar-refractivity contribution >= 4 is 21.6 Å². The van der Waals surface area contributed by atoms with Gasteiger partial charge in [-0.3, -0.25) is 9.10 Å². The first kappa shape index (κ1) is 23.3. The molecule has 168 valence electrons. The maximum Gasteiger partial charge on any atom is 0.264 e. The Morgan fingerprint density at radius 1 is 1.03 bits per heavy atom. The van der Waals surface area contributed by atoms with Gasteiger partial charge in [-0.15, -0.1) is 0 Å². The van der Waals surface area contributed by atoms with Crippen LogP contribution in [-0.2, 0) is 14.8 Å². The molecule has 0 aliphatic carbocycles. The molecule has 3 rings (SSSR count). The number of anilines is 1. The molecular weight excluding hydrogens is 431 g/mol. The van der Waals surface area contributed by atoms with Crippen molar-refractivity contribution in [2.45, 2.75) is 24.8 Å². The van der Waals surface area contributed by atoms with Gasteiger partial charge in [0.25, 0.3) is 10.0 Å². The summed E-state index contributed by atoms with van der Waals surface area (Å²) in [4.78, 5) is 12.8. The topological polar surface area (TPSA) is 75.7 Å². The number of methoxy groups -OCH3 is 1. The Bertz CT molecular complexity index is 1180. The average molecular weight is 457 g/mol. The van der Waals surface area contributed by atoms with Gasteiger partial charge in [0, 0.05) is 5.56 Å². The molecule has 0 saturated carbocycles. The molecule has 0 aliphatic rings. The number of benzene rings is 3. The highest BCUT2D eigenvalue weighted by molar-refractivity contribution is 7.92. The minimum absolute atomic E-state index is 0.106. The highest BCUT2D eigenvalue weighted by Gasteiger charge is 2.28. The van der Waals surface area contributed by atoms with Crippen molar-refractivity contribution in [2.24, 2.45) is 0 Å². The molecule has 1 N–H and O–H groups in total. The summed E-state index contributed by atoms with van der Waals surface area (Å²) in [5, 5.41) is 2.83. The Kier molecular flexibility index (Phi) is 7.15. The molecule has 8 heteroatoms. The van der Waals surface area contributed by atoms with E-state index in [1.807, 2.05) is 25.1 Å². The van der Waals surface area contributed by atoms with Crippen LogP contribution in [0.15, 0.2) is 77.7 Å². The van der Waals surface area contributed by atoms with Crippen LogP contribution in [0.4, 0.5) is 10.1 Å². The van der Waals surface area contributed by atoms with Crippen molar-refractivity contribution in [3.8, 4) is 5.75 Å². The van der Waals surface area contributed by atoms with E-state index in [-0.39, 0.29) is 4.90 Å². The lowest BCUT2D eigenvalue weighted by Gasteiger charge is -2.25. The number of nitrogens with one attached hydrogen (secondary N) is 1. The van der Waals surface area contributed by atoms with Gasteiger partial charge in [0.1, 0.15) is 18.1 Å². The second kappa shape index (κ2) is 9.82. The summed E-state index contributed by atoms with van der Waals surface area (Å²) in [5.41, 5.74) is 2.05. The zero-order chi connectivity index (χ0) is 23.3. The first-order chi connectivity index (χ1) is 15.2. The number of amides is 1. The van der Waals surface area contributed by atoms with E-state index in [1.165, 1.54) is 12.1 Å². The van der Waals surface area contributed by atoms with Gasteiger partial charge in [-0.25, -0.2) is 12.8 Å². The molecule has 0 heterocycles. The summed E-state index contributed by atoms with van der Waals surface area (Å²) in [7, 11) is -2.57. The Hall–Kier alpha value is -3.39. The lowest BCUT2D eigenvalue weighted by Crippen LogP contribution is -2.41. The third-order valence-corrected chi connectivity index (χ3v) is 6.78. The minimum atomic E-state index is -4.11. The zero-order valence-corrected chi connectivity index (χ0v) is 18.9. The van der Waals surface area contributed by atoms with Crippen molar-refractivity contribution < 1.29 is 22.3 Å². The van der Waals surface area contributed by atoms with Crippen LogP contribution in [0.3, 0.4) is 0 Å². The van der Waals surface area contributed by atoms with E-state index >= 15 is 0 Å². The molecule has 0 bridgehead atoms. The summed E-state index contributed by atoms with van der Waals surface area (Å²) >= 11 is 0. The van der Waals surface area contributed by atoms with E-state index in [2.05, 4.69) is 5.32 Å². The Labute approximate surface area is 187 Å². The number of ether oxygens (including phenoxy) is 1. The molecule has 0 spiro atoms. The molecule has 0 fully saturated rings. The smallest absolute Gasteiger partial charge is 0.264 e. The third-order valence-electron chi connectivity index (χ3n) is 4.99. The van der Waals surface area contributed by atoms with Crippen molar-refractivity contribution in [3.05, 3.63) is 89.7 Å². The van der Waals surface area contributed by atoms with Crippen LogP contribution >= 0.6 is 0 Å². The summed E-state index contributed by atoms with van der Waals surface area (Å²) in [5.74, 6) is -0.418. The van der Waals surface area contributed by atoms with Gasteiger partial charge in [0.2, 0.25) is 5.91 Å². The second-order valence-electron chi connectivity index (χ2n) is 7.33. The molecule has 1 atom stereocenters. The van der Waals surface area contributed by atoms with E-state index in [0.717, 1.165) is 27.6 Å². The van der Waals surface area contributed by atoms with Crippen LogP contribution in [0.25, 0.3) is 0 Å². The molecule has 3 aromatic carbocycles. The number of carbonyl (C=O) groups is 1. The number of nitrogens with zero attached hydrogens (tertiary/aromatic N) is 1. The number of hydrogen-bond acceptors (Lipinski definition) is 4. The van der Waals surface area contributed by atoms with Gasteiger partial charge in [-0.1, -0.05) is 35.9 Å². The van der Waals surface area contributed by atoms with Crippen LogP contribution in [0, 0.1) is 12.7 Å². The SMILES string of the molecule is COc1ccccc1[C@H](C)NC(=O)CN(c1ccc(C)cc1)S(=O)(=O)c1ccc(F)cc1. The van der Waals surface area contributed by atoms with Crippen LogP contribution in [0.1, 0.15) is 24.1 Å². The number of sulfonamides is 1. The quantitative estimate of drug-likeness (QED) is 0.551. The van der Waals surface area contributed by atoms with Gasteiger partial charge < -0.3 is 10.1 Å². The number of hydrogen-bond donors (Lipinski definition) is 1. The van der Waals surface area contributed by atoms with Crippen molar-refractivity contribution in [1.82, 2.24) is 5.32 Å². The summed E-state index contributed by atoms with van der Waals surface area (Å²) in [6.45, 7) is 3.23. The number of carbonyl (C=O) groups excluding carboxylic acids is 1. The number of halogens is 1. The van der Waals surface area contributed by atoms with Gasteiger partial charge in [-0.2, -0.15) is 0 Å². The van der Waals surface area contributed by atoms with Crippen LogP contribution in [0.5, 0.6) is 5.75 Å². The van der Waals surface area contributed by atoms with E-state index in [9.17, 15) is 17.6 Å². The van der Waals surface area contributed by atoms with E-state index in [0.29, 0.717) is 11.4 Å². The fourth-order valence-corrected chi connectivity index (χ4v) is 4.70. The van der Waals surface area contributed by atoms with Gasteiger partial charge >= 0.3 is 0 Å². The fraction of sp³-hybridized carbons (Fsp3) is 0.208. The fourth-order valence-electron chi connectivity index (χ4n) is 3.28. The standard InChI is InChI=1S/C24H25FN2O4S/c1-17-8-12-20(13-9-17)27(32(29,30)21-14-10-19(25)11-15-21)16-24(28)26-18(2)22-6-4-5-7-23(22)31-3/h4-15,18H,16H2,1-3H3,(H,26,28)/t18-/m0/s1. The molecule has 32 heavy (non-hydrogen) atoms. The van der Waals surface area contributed by atoms with Crippen LogP contribution < -0.4 is 14.4 Å². The lowest BCUT2D eigenvalue weighted by atomic mass is 10.1. The van der Waals surface area contributed by atoms with Gasteiger partial charge in [0.15, 0.2) is 0 Å². The van der Waals surface area contributed by atoms with Crippen LogP contribution in [-0.4, -0.2) is 28.0 Å².